The lowest BCUT2D eigenvalue weighted by molar-refractivity contribution is 0.0503. The van der Waals surface area contributed by atoms with Crippen LogP contribution in [0.4, 0.5) is 4.79 Å². The molecule has 0 radical (unpaired) electrons. The monoisotopic (exact) mass is 300 g/mol. The summed E-state index contributed by atoms with van der Waals surface area (Å²) < 4.78 is 5.27. The van der Waals surface area contributed by atoms with Crippen LogP contribution in [-0.4, -0.2) is 48.2 Å². The number of alkyl carbamates (subject to hydrolysis) is 1. The first-order chi connectivity index (χ1) is 9.73. The fourth-order valence-electron chi connectivity index (χ4n) is 1.88. The largest absolute Gasteiger partial charge is 0.444 e. The molecule has 1 amide bonds. The average molecular weight is 300 g/mol. The lowest BCUT2D eigenvalue weighted by Gasteiger charge is -2.24. The van der Waals surface area contributed by atoms with Crippen LogP contribution in [0, 0.1) is 0 Å². The van der Waals surface area contributed by atoms with Gasteiger partial charge in [0.1, 0.15) is 5.60 Å². The molecule has 0 saturated carbocycles. The minimum atomic E-state index is -0.496. The molecule has 0 aliphatic heterocycles. The predicted molar refractivity (Wildman–Crippen MR) is 87.5 cm³/mol. The van der Waals surface area contributed by atoms with E-state index in [0.717, 1.165) is 25.9 Å². The molecule has 3 N–H and O–H groups in total. The summed E-state index contributed by atoms with van der Waals surface area (Å²) in [6.07, 6.45) is 1.40. The molecule has 21 heavy (non-hydrogen) atoms. The topological polar surface area (TPSA) is 80.0 Å². The van der Waals surface area contributed by atoms with Crippen LogP contribution in [0.25, 0.3) is 0 Å². The highest BCUT2D eigenvalue weighted by molar-refractivity contribution is 5.78. The Morgan fingerprint density at radius 2 is 1.86 bits per heavy atom. The van der Waals surface area contributed by atoms with Gasteiger partial charge in [0.2, 0.25) is 0 Å². The molecule has 0 aliphatic carbocycles. The summed E-state index contributed by atoms with van der Waals surface area (Å²) in [5, 5.41) is 2.86. The van der Waals surface area contributed by atoms with Crippen LogP contribution in [0.15, 0.2) is 4.99 Å². The molecule has 0 aromatic rings. The third-order valence-electron chi connectivity index (χ3n) is 2.92. The van der Waals surface area contributed by atoms with E-state index >= 15 is 0 Å². The number of nitrogens with one attached hydrogen (secondary N) is 1. The SMILES string of the molecule is CCCC(CN=C(N)N(CC)CC)NC(=O)OC(C)(C)C. The molecule has 1 unspecified atom stereocenters. The van der Waals surface area contributed by atoms with Gasteiger partial charge in [-0.05, 0) is 41.0 Å². The van der Waals surface area contributed by atoms with E-state index in [0.29, 0.717) is 12.5 Å². The molecule has 0 bridgehead atoms. The van der Waals surface area contributed by atoms with Crippen molar-refractivity contribution in [1.29, 1.82) is 0 Å². The van der Waals surface area contributed by atoms with Crippen LogP contribution in [0.1, 0.15) is 54.4 Å². The maximum Gasteiger partial charge on any atom is 0.407 e. The Hall–Kier alpha value is -1.46. The fourth-order valence-corrected chi connectivity index (χ4v) is 1.88. The molecule has 0 fully saturated rings. The summed E-state index contributed by atoms with van der Waals surface area (Å²) in [4.78, 5) is 18.2. The molecule has 0 saturated heterocycles. The molecule has 0 aromatic carbocycles. The number of hydrogen-bond donors (Lipinski definition) is 2. The van der Waals surface area contributed by atoms with Gasteiger partial charge >= 0.3 is 6.09 Å². The standard InChI is InChI=1S/C15H32N4O2/c1-7-10-12(18-14(20)21-15(4,5)6)11-17-13(16)19(8-2)9-3/h12H,7-11H2,1-6H3,(H2,16,17)(H,18,20). The van der Waals surface area contributed by atoms with Crippen molar-refractivity contribution >= 4 is 12.1 Å². The Labute approximate surface area is 129 Å². The summed E-state index contributed by atoms with van der Waals surface area (Å²) in [5.41, 5.74) is 5.45. The number of carbonyl (C=O) groups excluding carboxylic acids is 1. The Morgan fingerprint density at radius 1 is 1.29 bits per heavy atom. The van der Waals surface area contributed by atoms with Crippen molar-refractivity contribution in [2.75, 3.05) is 19.6 Å². The van der Waals surface area contributed by atoms with E-state index in [2.05, 4.69) is 17.2 Å². The van der Waals surface area contributed by atoms with Gasteiger partial charge in [-0.15, -0.1) is 0 Å². The van der Waals surface area contributed by atoms with Crippen LogP contribution in [0.2, 0.25) is 0 Å². The summed E-state index contributed by atoms with van der Waals surface area (Å²) in [5.74, 6) is 0.520. The Morgan fingerprint density at radius 3 is 2.29 bits per heavy atom. The van der Waals surface area contributed by atoms with Crippen LogP contribution in [0.3, 0.4) is 0 Å². The highest BCUT2D eigenvalue weighted by atomic mass is 16.6. The number of carbonyl (C=O) groups is 1. The Balaban J connectivity index is 4.55. The second kappa shape index (κ2) is 9.47. The molecule has 6 nitrogen and oxygen atoms in total. The number of nitrogens with two attached hydrogens (primary N) is 1. The number of hydrogen-bond acceptors (Lipinski definition) is 3. The van der Waals surface area contributed by atoms with E-state index in [1.807, 2.05) is 39.5 Å². The van der Waals surface area contributed by atoms with Crippen molar-refractivity contribution in [1.82, 2.24) is 10.2 Å². The highest BCUT2D eigenvalue weighted by Crippen LogP contribution is 2.08. The van der Waals surface area contributed by atoms with E-state index in [4.69, 9.17) is 10.5 Å². The highest BCUT2D eigenvalue weighted by Gasteiger charge is 2.19. The number of aliphatic imine (C=N–C) groups is 1. The third kappa shape index (κ3) is 9.15. The molecule has 0 aliphatic rings. The number of ether oxygens (including phenoxy) is 1. The second-order valence-corrected chi connectivity index (χ2v) is 6.00. The van der Waals surface area contributed by atoms with Crippen molar-refractivity contribution in [2.45, 2.75) is 66.0 Å². The summed E-state index contributed by atoms with van der Waals surface area (Å²) in [7, 11) is 0. The first-order valence-corrected chi connectivity index (χ1v) is 7.77. The van der Waals surface area contributed by atoms with Crippen molar-refractivity contribution in [3.05, 3.63) is 0 Å². The summed E-state index contributed by atoms with van der Waals surface area (Å²) in [6, 6.07) is -0.0565. The van der Waals surface area contributed by atoms with E-state index in [1.165, 1.54) is 0 Å². The zero-order chi connectivity index (χ0) is 16.5. The zero-order valence-electron chi connectivity index (χ0n) is 14.4. The lowest BCUT2D eigenvalue weighted by atomic mass is 10.1. The van der Waals surface area contributed by atoms with E-state index in [9.17, 15) is 4.79 Å². The summed E-state index contributed by atoms with van der Waals surface area (Å²) in [6.45, 7) is 13.8. The molecule has 1 atom stereocenters. The van der Waals surface area contributed by atoms with Gasteiger partial charge < -0.3 is 20.7 Å². The van der Waals surface area contributed by atoms with Gasteiger partial charge in [-0.1, -0.05) is 13.3 Å². The zero-order valence-corrected chi connectivity index (χ0v) is 14.4. The van der Waals surface area contributed by atoms with Crippen molar-refractivity contribution in [2.24, 2.45) is 10.7 Å². The van der Waals surface area contributed by atoms with E-state index in [1.54, 1.807) is 0 Å². The van der Waals surface area contributed by atoms with Gasteiger partial charge in [0.15, 0.2) is 5.96 Å². The first kappa shape index (κ1) is 19.5. The molecule has 0 aromatic heterocycles. The van der Waals surface area contributed by atoms with Gasteiger partial charge in [-0.2, -0.15) is 0 Å². The van der Waals surface area contributed by atoms with Gasteiger partial charge in [-0.3, -0.25) is 4.99 Å². The van der Waals surface area contributed by atoms with Crippen LogP contribution in [0.5, 0.6) is 0 Å². The molecular formula is C15H32N4O2. The minimum Gasteiger partial charge on any atom is -0.444 e. The number of nitrogens with zero attached hydrogens (tertiary/aromatic N) is 2. The third-order valence-corrected chi connectivity index (χ3v) is 2.92. The average Bonchev–Trinajstić information content (AvgIpc) is 2.35. The van der Waals surface area contributed by atoms with Crippen LogP contribution >= 0.6 is 0 Å². The lowest BCUT2D eigenvalue weighted by Crippen LogP contribution is -2.42. The second-order valence-electron chi connectivity index (χ2n) is 6.00. The predicted octanol–water partition coefficient (Wildman–Crippen LogP) is 2.34. The molecular weight excluding hydrogens is 268 g/mol. The van der Waals surface area contributed by atoms with Crippen LogP contribution in [-0.2, 0) is 4.74 Å². The maximum atomic E-state index is 11.8. The van der Waals surface area contributed by atoms with Gasteiger partial charge in [-0.25, -0.2) is 4.79 Å². The number of guanidine groups is 1. The maximum absolute atomic E-state index is 11.8. The first-order valence-electron chi connectivity index (χ1n) is 7.77. The quantitative estimate of drug-likeness (QED) is 0.558. The normalized spacial score (nSPS) is 13.7. The van der Waals surface area contributed by atoms with Crippen molar-refractivity contribution < 1.29 is 9.53 Å². The fraction of sp³-hybridized carbons (Fsp3) is 0.867. The molecule has 0 heterocycles. The van der Waals surface area contributed by atoms with Crippen LogP contribution < -0.4 is 11.1 Å². The molecule has 124 valence electrons. The van der Waals surface area contributed by atoms with Gasteiger partial charge in [0.25, 0.3) is 0 Å². The molecule has 0 rings (SSSR count). The van der Waals surface area contributed by atoms with E-state index < -0.39 is 11.7 Å². The van der Waals surface area contributed by atoms with Crippen molar-refractivity contribution in [3.63, 3.8) is 0 Å². The van der Waals surface area contributed by atoms with E-state index in [-0.39, 0.29) is 6.04 Å². The molecule has 0 spiro atoms. The Bertz CT molecular complexity index is 333. The summed E-state index contributed by atoms with van der Waals surface area (Å²) >= 11 is 0. The smallest absolute Gasteiger partial charge is 0.407 e. The minimum absolute atomic E-state index is 0.0565. The Kier molecular flexibility index (Phi) is 8.81. The number of rotatable bonds is 7. The van der Waals surface area contributed by atoms with Gasteiger partial charge in [0.05, 0.1) is 12.6 Å². The van der Waals surface area contributed by atoms with Gasteiger partial charge in [0, 0.05) is 13.1 Å². The van der Waals surface area contributed by atoms with Crippen molar-refractivity contribution in [3.8, 4) is 0 Å². The molecule has 6 heteroatoms. The number of amides is 1.